The Balaban J connectivity index is 2.26. The molecule has 1 aromatic heterocycles. The van der Waals surface area contributed by atoms with Crippen molar-refractivity contribution in [3.05, 3.63) is 30.0 Å². The zero-order chi connectivity index (χ0) is 11.5. The van der Waals surface area contributed by atoms with Crippen LogP contribution in [0.4, 0.5) is 0 Å². The van der Waals surface area contributed by atoms with E-state index in [-0.39, 0.29) is 11.9 Å². The van der Waals surface area contributed by atoms with E-state index < -0.39 is 0 Å². The fraction of sp³-hybridized carbons (Fsp3) is 0.167. The molecule has 0 radical (unpaired) electrons. The topological polar surface area (TPSA) is 57.8 Å². The number of carbonyl (C=O) groups excluding carboxylic acids is 1. The van der Waals surface area contributed by atoms with Gasteiger partial charge in [0.05, 0.1) is 17.8 Å². The number of hydrogen-bond acceptors (Lipinski definition) is 2. The Morgan fingerprint density at radius 1 is 1.62 bits per heavy atom. The van der Waals surface area contributed by atoms with Crippen molar-refractivity contribution >= 4 is 16.8 Å². The summed E-state index contributed by atoms with van der Waals surface area (Å²) < 4.78 is 0. The molecule has 1 aromatic carbocycles. The van der Waals surface area contributed by atoms with E-state index in [0.717, 1.165) is 10.9 Å². The van der Waals surface area contributed by atoms with E-state index in [9.17, 15) is 4.79 Å². The molecule has 1 unspecified atom stereocenters. The first-order valence-corrected chi connectivity index (χ1v) is 4.91. The number of fused-ring (bicyclic) bond motifs is 1. The van der Waals surface area contributed by atoms with Gasteiger partial charge in [-0.25, -0.2) is 0 Å². The first kappa shape index (κ1) is 10.2. The van der Waals surface area contributed by atoms with Crippen LogP contribution in [0.1, 0.15) is 17.3 Å². The molecule has 4 heteroatoms. The number of aromatic amines is 1. The molecule has 1 heterocycles. The largest absolute Gasteiger partial charge is 0.339 e. The maximum absolute atomic E-state index is 11.7. The van der Waals surface area contributed by atoms with Crippen molar-refractivity contribution in [1.82, 2.24) is 15.5 Å². The molecule has 2 N–H and O–H groups in total. The lowest BCUT2D eigenvalue weighted by Gasteiger charge is -2.07. The van der Waals surface area contributed by atoms with Crippen LogP contribution in [0.3, 0.4) is 0 Å². The Morgan fingerprint density at radius 2 is 2.44 bits per heavy atom. The van der Waals surface area contributed by atoms with Crippen molar-refractivity contribution in [2.75, 3.05) is 0 Å². The molecule has 0 saturated carbocycles. The number of rotatable bonds is 2. The monoisotopic (exact) mass is 213 g/mol. The van der Waals surface area contributed by atoms with Crippen LogP contribution in [0.15, 0.2) is 24.4 Å². The van der Waals surface area contributed by atoms with E-state index in [4.69, 9.17) is 6.42 Å². The highest BCUT2D eigenvalue weighted by atomic mass is 16.1. The summed E-state index contributed by atoms with van der Waals surface area (Å²) >= 11 is 0. The first-order chi connectivity index (χ1) is 7.70. The second kappa shape index (κ2) is 4.07. The number of aromatic nitrogens is 2. The van der Waals surface area contributed by atoms with E-state index in [0.29, 0.717) is 5.56 Å². The van der Waals surface area contributed by atoms with Gasteiger partial charge in [0.25, 0.3) is 5.91 Å². The van der Waals surface area contributed by atoms with Gasteiger partial charge in [-0.15, -0.1) is 6.42 Å². The van der Waals surface area contributed by atoms with Crippen molar-refractivity contribution in [2.45, 2.75) is 13.0 Å². The molecule has 2 rings (SSSR count). The second-order valence-corrected chi connectivity index (χ2v) is 3.53. The van der Waals surface area contributed by atoms with Crippen molar-refractivity contribution in [2.24, 2.45) is 0 Å². The second-order valence-electron chi connectivity index (χ2n) is 3.53. The molecule has 0 spiro atoms. The average molecular weight is 213 g/mol. The minimum Gasteiger partial charge on any atom is -0.339 e. The fourth-order valence-corrected chi connectivity index (χ4v) is 1.40. The molecule has 16 heavy (non-hydrogen) atoms. The van der Waals surface area contributed by atoms with Crippen LogP contribution in [-0.4, -0.2) is 22.1 Å². The molecule has 0 bridgehead atoms. The van der Waals surface area contributed by atoms with Gasteiger partial charge in [-0.2, -0.15) is 5.10 Å². The third-order valence-corrected chi connectivity index (χ3v) is 2.30. The molecular weight excluding hydrogens is 202 g/mol. The number of nitrogens with zero attached hydrogens (tertiary/aromatic N) is 1. The average Bonchev–Trinajstić information content (AvgIpc) is 2.75. The Labute approximate surface area is 93.0 Å². The number of carbonyl (C=O) groups is 1. The maximum atomic E-state index is 11.7. The number of H-pyrrole nitrogens is 1. The number of nitrogens with one attached hydrogen (secondary N) is 2. The van der Waals surface area contributed by atoms with E-state index in [1.54, 1.807) is 25.3 Å². The van der Waals surface area contributed by atoms with Crippen LogP contribution in [-0.2, 0) is 0 Å². The summed E-state index contributed by atoms with van der Waals surface area (Å²) in [7, 11) is 0. The summed E-state index contributed by atoms with van der Waals surface area (Å²) in [6.07, 6.45) is 6.90. The van der Waals surface area contributed by atoms with Gasteiger partial charge in [0, 0.05) is 10.9 Å². The van der Waals surface area contributed by atoms with E-state index in [2.05, 4.69) is 21.4 Å². The Bertz CT molecular complexity index is 565. The van der Waals surface area contributed by atoms with Crippen molar-refractivity contribution in [3.63, 3.8) is 0 Å². The number of amides is 1. The van der Waals surface area contributed by atoms with Crippen LogP contribution in [0.25, 0.3) is 10.9 Å². The number of hydrogen-bond donors (Lipinski definition) is 2. The Kier molecular flexibility index (Phi) is 2.61. The van der Waals surface area contributed by atoms with Crippen LogP contribution >= 0.6 is 0 Å². The van der Waals surface area contributed by atoms with Gasteiger partial charge >= 0.3 is 0 Å². The van der Waals surface area contributed by atoms with Crippen LogP contribution in [0, 0.1) is 12.3 Å². The summed E-state index contributed by atoms with van der Waals surface area (Å²) in [5.74, 6) is 2.27. The van der Waals surface area contributed by atoms with E-state index >= 15 is 0 Å². The lowest BCUT2D eigenvalue weighted by atomic mass is 10.1. The molecule has 0 aliphatic carbocycles. The standard InChI is InChI=1S/C12H11N3O/c1-3-8(2)14-12(16)9-4-5-10-7-13-15-11(10)6-9/h1,4-8H,2H3,(H,13,15)(H,14,16). The number of benzene rings is 1. The van der Waals surface area contributed by atoms with Gasteiger partial charge in [-0.05, 0) is 19.1 Å². The van der Waals surface area contributed by atoms with Crippen LogP contribution in [0.5, 0.6) is 0 Å². The molecule has 0 fully saturated rings. The van der Waals surface area contributed by atoms with Gasteiger partial charge in [0.15, 0.2) is 0 Å². The molecule has 1 atom stereocenters. The van der Waals surface area contributed by atoms with Crippen LogP contribution < -0.4 is 5.32 Å². The maximum Gasteiger partial charge on any atom is 0.252 e. The highest BCUT2D eigenvalue weighted by Gasteiger charge is 2.08. The molecule has 0 aliphatic heterocycles. The lowest BCUT2D eigenvalue weighted by Crippen LogP contribution is -2.31. The molecule has 4 nitrogen and oxygen atoms in total. The molecular formula is C12H11N3O. The van der Waals surface area contributed by atoms with Gasteiger partial charge in [-0.3, -0.25) is 9.89 Å². The zero-order valence-electron chi connectivity index (χ0n) is 8.82. The van der Waals surface area contributed by atoms with Crippen molar-refractivity contribution < 1.29 is 4.79 Å². The van der Waals surface area contributed by atoms with Crippen molar-refractivity contribution in [1.29, 1.82) is 0 Å². The summed E-state index contributed by atoms with van der Waals surface area (Å²) in [4.78, 5) is 11.7. The highest BCUT2D eigenvalue weighted by Crippen LogP contribution is 2.12. The summed E-state index contributed by atoms with van der Waals surface area (Å²) in [5.41, 5.74) is 1.40. The predicted octanol–water partition coefficient (Wildman–Crippen LogP) is 1.31. The Morgan fingerprint density at radius 3 is 3.19 bits per heavy atom. The first-order valence-electron chi connectivity index (χ1n) is 4.91. The molecule has 0 saturated heterocycles. The molecule has 2 aromatic rings. The quantitative estimate of drug-likeness (QED) is 0.739. The smallest absolute Gasteiger partial charge is 0.252 e. The van der Waals surface area contributed by atoms with Gasteiger partial charge in [0.1, 0.15) is 0 Å². The molecule has 80 valence electrons. The van der Waals surface area contributed by atoms with E-state index in [1.807, 2.05) is 6.07 Å². The summed E-state index contributed by atoms with van der Waals surface area (Å²) in [5, 5.41) is 10.4. The van der Waals surface area contributed by atoms with Crippen LogP contribution in [0.2, 0.25) is 0 Å². The Hall–Kier alpha value is -2.28. The zero-order valence-corrected chi connectivity index (χ0v) is 8.82. The normalized spacial score (nSPS) is 12.0. The predicted molar refractivity (Wildman–Crippen MR) is 61.9 cm³/mol. The lowest BCUT2D eigenvalue weighted by molar-refractivity contribution is 0.0948. The van der Waals surface area contributed by atoms with Crippen molar-refractivity contribution in [3.8, 4) is 12.3 Å². The summed E-state index contributed by atoms with van der Waals surface area (Å²) in [6, 6.07) is 5.07. The van der Waals surface area contributed by atoms with Gasteiger partial charge < -0.3 is 5.32 Å². The fourth-order valence-electron chi connectivity index (χ4n) is 1.40. The SMILES string of the molecule is C#CC(C)NC(=O)c1ccc2cn[nH]c2c1. The minimum atomic E-state index is -0.273. The minimum absolute atomic E-state index is 0.179. The van der Waals surface area contributed by atoms with Gasteiger partial charge in [-0.1, -0.05) is 12.0 Å². The number of terminal acetylenes is 1. The third-order valence-electron chi connectivity index (χ3n) is 2.30. The van der Waals surface area contributed by atoms with E-state index in [1.165, 1.54) is 0 Å². The summed E-state index contributed by atoms with van der Waals surface area (Å²) in [6.45, 7) is 1.76. The van der Waals surface area contributed by atoms with Gasteiger partial charge in [0.2, 0.25) is 0 Å². The highest BCUT2D eigenvalue weighted by molar-refractivity contribution is 5.97. The molecule has 0 aliphatic rings. The third kappa shape index (κ3) is 1.89. The molecule has 1 amide bonds.